The van der Waals surface area contributed by atoms with E-state index < -0.39 is 0 Å². The lowest BCUT2D eigenvalue weighted by atomic mass is 9.99. The molecule has 3 nitrogen and oxygen atoms in total. The third-order valence-electron chi connectivity index (χ3n) is 4.54. The number of methoxy groups -OCH3 is 1. The van der Waals surface area contributed by atoms with Crippen molar-refractivity contribution in [1.82, 2.24) is 10.2 Å². The highest BCUT2D eigenvalue weighted by atomic mass is 16.5. The maximum atomic E-state index is 5.42. The molecule has 3 rings (SSSR count). The fourth-order valence-corrected chi connectivity index (χ4v) is 3.41. The zero-order chi connectivity index (χ0) is 13.1. The van der Waals surface area contributed by atoms with E-state index in [0.29, 0.717) is 12.1 Å². The summed E-state index contributed by atoms with van der Waals surface area (Å²) in [6.07, 6.45) is 2.87. The van der Waals surface area contributed by atoms with Gasteiger partial charge in [0.15, 0.2) is 0 Å². The molecule has 104 valence electrons. The smallest absolute Gasteiger partial charge is 0.0711 e. The van der Waals surface area contributed by atoms with Crippen molar-refractivity contribution >= 4 is 0 Å². The SMILES string of the molecule is COC1CNC(CN2CCC(c3ccccc3)C2)C1. The Morgan fingerprint density at radius 1 is 1.32 bits per heavy atom. The molecule has 3 unspecified atom stereocenters. The minimum absolute atomic E-state index is 0.414. The third kappa shape index (κ3) is 3.16. The van der Waals surface area contributed by atoms with Gasteiger partial charge in [-0.3, -0.25) is 0 Å². The van der Waals surface area contributed by atoms with Gasteiger partial charge in [-0.2, -0.15) is 0 Å². The summed E-state index contributed by atoms with van der Waals surface area (Å²) >= 11 is 0. The number of ether oxygens (including phenoxy) is 1. The molecule has 0 aliphatic carbocycles. The van der Waals surface area contributed by atoms with Crippen LogP contribution >= 0.6 is 0 Å². The molecular formula is C16H24N2O. The molecule has 1 aromatic carbocycles. The first-order valence-electron chi connectivity index (χ1n) is 7.38. The van der Waals surface area contributed by atoms with E-state index in [1.165, 1.54) is 31.6 Å². The standard InChI is InChI=1S/C16H24N2O/c1-19-16-9-15(17-10-16)12-18-8-7-14(11-18)13-5-3-2-4-6-13/h2-6,14-17H,7-12H2,1H3. The normalized spacial score (nSPS) is 31.9. The molecule has 3 heteroatoms. The number of likely N-dealkylation sites (tertiary alicyclic amines) is 1. The quantitative estimate of drug-likeness (QED) is 0.894. The van der Waals surface area contributed by atoms with Crippen LogP contribution in [-0.4, -0.2) is 50.3 Å². The van der Waals surface area contributed by atoms with Crippen LogP contribution in [0.3, 0.4) is 0 Å². The zero-order valence-corrected chi connectivity index (χ0v) is 11.7. The highest BCUT2D eigenvalue weighted by Crippen LogP contribution is 2.27. The van der Waals surface area contributed by atoms with Crippen LogP contribution in [0.15, 0.2) is 30.3 Å². The van der Waals surface area contributed by atoms with Gasteiger partial charge in [0.25, 0.3) is 0 Å². The molecule has 2 aliphatic heterocycles. The summed E-state index contributed by atoms with van der Waals surface area (Å²) in [5, 5.41) is 3.57. The summed E-state index contributed by atoms with van der Waals surface area (Å²) in [6, 6.07) is 11.5. The molecule has 2 saturated heterocycles. The second kappa shape index (κ2) is 6.04. The fourth-order valence-electron chi connectivity index (χ4n) is 3.41. The van der Waals surface area contributed by atoms with Crippen LogP contribution in [0.1, 0.15) is 24.3 Å². The predicted octanol–water partition coefficient (Wildman–Crippen LogP) is 1.85. The first kappa shape index (κ1) is 13.1. The van der Waals surface area contributed by atoms with Gasteiger partial charge in [-0.05, 0) is 30.9 Å². The number of benzene rings is 1. The Kier molecular flexibility index (Phi) is 4.16. The van der Waals surface area contributed by atoms with Crippen LogP contribution < -0.4 is 5.32 Å². The number of hydrogen-bond donors (Lipinski definition) is 1. The van der Waals surface area contributed by atoms with E-state index in [-0.39, 0.29) is 0 Å². The highest BCUT2D eigenvalue weighted by molar-refractivity contribution is 5.21. The molecule has 0 saturated carbocycles. The minimum atomic E-state index is 0.414. The highest BCUT2D eigenvalue weighted by Gasteiger charge is 2.29. The summed E-state index contributed by atoms with van der Waals surface area (Å²) in [7, 11) is 1.82. The molecule has 2 fully saturated rings. The Bertz CT molecular complexity index is 395. The van der Waals surface area contributed by atoms with Gasteiger partial charge in [-0.25, -0.2) is 0 Å². The van der Waals surface area contributed by atoms with Crippen LogP contribution in [0.25, 0.3) is 0 Å². The number of rotatable bonds is 4. The maximum Gasteiger partial charge on any atom is 0.0711 e. The van der Waals surface area contributed by atoms with Crippen LogP contribution in [0, 0.1) is 0 Å². The van der Waals surface area contributed by atoms with Crippen LogP contribution in [0.5, 0.6) is 0 Å². The molecule has 19 heavy (non-hydrogen) atoms. The fraction of sp³-hybridized carbons (Fsp3) is 0.625. The Labute approximate surface area is 115 Å². The van der Waals surface area contributed by atoms with Crippen LogP contribution in [-0.2, 0) is 4.74 Å². The molecule has 0 amide bonds. The van der Waals surface area contributed by atoms with Gasteiger partial charge < -0.3 is 15.0 Å². The van der Waals surface area contributed by atoms with Gasteiger partial charge >= 0.3 is 0 Å². The van der Waals surface area contributed by atoms with Crippen molar-refractivity contribution in [3.05, 3.63) is 35.9 Å². The van der Waals surface area contributed by atoms with Gasteiger partial charge in [0.05, 0.1) is 6.10 Å². The van der Waals surface area contributed by atoms with Crippen LogP contribution in [0.4, 0.5) is 0 Å². The van der Waals surface area contributed by atoms with Gasteiger partial charge in [-0.1, -0.05) is 30.3 Å². The van der Waals surface area contributed by atoms with Gasteiger partial charge in [0.1, 0.15) is 0 Å². The van der Waals surface area contributed by atoms with E-state index in [2.05, 4.69) is 40.5 Å². The second-order valence-electron chi connectivity index (χ2n) is 5.85. The van der Waals surface area contributed by atoms with Gasteiger partial charge in [0, 0.05) is 32.8 Å². The Hall–Kier alpha value is -0.900. The minimum Gasteiger partial charge on any atom is -0.380 e. The van der Waals surface area contributed by atoms with Crippen molar-refractivity contribution in [2.24, 2.45) is 0 Å². The zero-order valence-electron chi connectivity index (χ0n) is 11.7. The summed E-state index contributed by atoms with van der Waals surface area (Å²) in [5.41, 5.74) is 1.50. The van der Waals surface area contributed by atoms with Crippen molar-refractivity contribution in [3.8, 4) is 0 Å². The Morgan fingerprint density at radius 2 is 2.16 bits per heavy atom. The van der Waals surface area contributed by atoms with Crippen molar-refractivity contribution in [3.63, 3.8) is 0 Å². The molecule has 1 N–H and O–H groups in total. The molecule has 2 heterocycles. The van der Waals surface area contributed by atoms with Gasteiger partial charge in [0.2, 0.25) is 0 Å². The van der Waals surface area contributed by atoms with E-state index in [1.54, 1.807) is 0 Å². The average Bonchev–Trinajstić information content (AvgIpc) is 3.09. The first-order valence-corrected chi connectivity index (χ1v) is 7.38. The monoisotopic (exact) mass is 260 g/mol. The van der Waals surface area contributed by atoms with E-state index >= 15 is 0 Å². The molecule has 0 aromatic heterocycles. The first-order chi connectivity index (χ1) is 9.35. The third-order valence-corrected chi connectivity index (χ3v) is 4.54. The van der Waals surface area contributed by atoms with Crippen molar-refractivity contribution in [1.29, 1.82) is 0 Å². The number of nitrogens with zero attached hydrogens (tertiary/aromatic N) is 1. The molecule has 0 bridgehead atoms. The number of nitrogens with one attached hydrogen (secondary N) is 1. The Balaban J connectivity index is 1.50. The lowest BCUT2D eigenvalue weighted by molar-refractivity contribution is 0.116. The average molecular weight is 260 g/mol. The summed E-state index contributed by atoms with van der Waals surface area (Å²) in [4.78, 5) is 2.60. The lowest BCUT2D eigenvalue weighted by Gasteiger charge is -2.20. The topological polar surface area (TPSA) is 24.5 Å². The van der Waals surface area contributed by atoms with Gasteiger partial charge in [-0.15, -0.1) is 0 Å². The molecule has 3 atom stereocenters. The molecular weight excluding hydrogens is 236 g/mol. The molecule has 0 radical (unpaired) electrons. The molecule has 0 spiro atoms. The lowest BCUT2D eigenvalue weighted by Crippen LogP contribution is -2.36. The Morgan fingerprint density at radius 3 is 2.89 bits per heavy atom. The van der Waals surface area contributed by atoms with E-state index in [0.717, 1.165) is 18.9 Å². The molecule has 1 aromatic rings. The number of hydrogen-bond acceptors (Lipinski definition) is 3. The molecule has 2 aliphatic rings. The summed E-state index contributed by atoms with van der Waals surface area (Å²) in [6.45, 7) is 4.62. The predicted molar refractivity (Wildman–Crippen MR) is 77.4 cm³/mol. The summed E-state index contributed by atoms with van der Waals surface area (Å²) < 4.78 is 5.42. The van der Waals surface area contributed by atoms with Crippen molar-refractivity contribution < 1.29 is 4.74 Å². The summed E-state index contributed by atoms with van der Waals surface area (Å²) in [5.74, 6) is 0.723. The largest absolute Gasteiger partial charge is 0.380 e. The second-order valence-corrected chi connectivity index (χ2v) is 5.85. The van der Waals surface area contributed by atoms with Crippen molar-refractivity contribution in [2.75, 3.05) is 33.3 Å². The van der Waals surface area contributed by atoms with E-state index in [1.807, 2.05) is 7.11 Å². The van der Waals surface area contributed by atoms with Crippen LogP contribution in [0.2, 0.25) is 0 Å². The van der Waals surface area contributed by atoms with E-state index in [4.69, 9.17) is 4.74 Å². The van der Waals surface area contributed by atoms with Crippen molar-refractivity contribution in [2.45, 2.75) is 30.9 Å². The maximum absolute atomic E-state index is 5.42. The van der Waals surface area contributed by atoms with E-state index in [9.17, 15) is 0 Å².